The largest absolute Gasteiger partial charge is 0.340 e. The first-order valence-corrected chi connectivity index (χ1v) is 8.92. The molecule has 1 saturated carbocycles. The van der Waals surface area contributed by atoms with Crippen molar-refractivity contribution in [2.24, 2.45) is 5.92 Å². The van der Waals surface area contributed by atoms with Gasteiger partial charge in [0.1, 0.15) is 12.0 Å². The third kappa shape index (κ3) is 4.25. The minimum absolute atomic E-state index is 0.0829. The monoisotopic (exact) mass is 360 g/mol. The number of hydrogen-bond donors (Lipinski definition) is 1. The van der Waals surface area contributed by atoms with Gasteiger partial charge >= 0.3 is 0 Å². The van der Waals surface area contributed by atoms with Crippen molar-refractivity contribution < 1.29 is 4.79 Å². The number of amides is 1. The highest BCUT2D eigenvalue weighted by molar-refractivity contribution is 5.93. The molecule has 7 nitrogen and oxygen atoms in total. The summed E-state index contributed by atoms with van der Waals surface area (Å²) in [4.78, 5) is 31.4. The number of hydrogen-bond acceptors (Lipinski definition) is 6. The molecule has 136 valence electrons. The third-order valence-corrected chi connectivity index (χ3v) is 4.41. The van der Waals surface area contributed by atoms with E-state index in [1.54, 1.807) is 23.2 Å². The van der Waals surface area contributed by atoms with Gasteiger partial charge in [-0.05, 0) is 43.0 Å². The summed E-state index contributed by atoms with van der Waals surface area (Å²) in [6.45, 7) is 0.779. The minimum Gasteiger partial charge on any atom is -0.340 e. The first-order chi connectivity index (χ1) is 13.2. The van der Waals surface area contributed by atoms with Crippen molar-refractivity contribution in [3.8, 4) is 11.4 Å². The Morgan fingerprint density at radius 2 is 1.96 bits per heavy atom. The number of para-hydroxylation sites is 1. The van der Waals surface area contributed by atoms with E-state index in [0.29, 0.717) is 23.4 Å². The van der Waals surface area contributed by atoms with Gasteiger partial charge in [0.15, 0.2) is 5.82 Å². The molecule has 27 heavy (non-hydrogen) atoms. The van der Waals surface area contributed by atoms with E-state index in [0.717, 1.165) is 17.8 Å². The maximum atomic E-state index is 12.6. The van der Waals surface area contributed by atoms with Crippen LogP contribution in [0, 0.1) is 5.92 Å². The topological polar surface area (TPSA) is 83.9 Å². The van der Waals surface area contributed by atoms with Crippen LogP contribution in [-0.4, -0.2) is 44.3 Å². The average Bonchev–Trinajstić information content (AvgIpc) is 3.52. The number of nitrogens with one attached hydrogen (secondary N) is 1. The van der Waals surface area contributed by atoms with Crippen molar-refractivity contribution in [1.29, 1.82) is 0 Å². The second kappa shape index (κ2) is 7.49. The molecule has 1 aliphatic rings. The van der Waals surface area contributed by atoms with E-state index in [2.05, 4.69) is 25.3 Å². The number of aromatic nitrogens is 4. The highest BCUT2D eigenvalue weighted by atomic mass is 16.2. The number of benzene rings is 1. The molecule has 1 N–H and O–H groups in total. The standard InChI is InChI=1S/C20H20N6O/c1-26(12-14-7-8-14)19(27)17-11-15(9-10-21-17)18-22-13-23-20(25-18)24-16-5-3-2-4-6-16/h2-6,9-11,13-14H,7-8,12H2,1H3,(H,22,23,24,25). The number of carbonyl (C=O) groups is 1. The summed E-state index contributed by atoms with van der Waals surface area (Å²) in [6, 6.07) is 13.2. The van der Waals surface area contributed by atoms with Crippen molar-refractivity contribution >= 4 is 17.5 Å². The zero-order valence-corrected chi connectivity index (χ0v) is 15.0. The van der Waals surface area contributed by atoms with Crippen LogP contribution in [0.1, 0.15) is 23.3 Å². The van der Waals surface area contributed by atoms with Gasteiger partial charge in [0.05, 0.1) is 0 Å². The molecule has 4 rings (SSSR count). The molecule has 7 heteroatoms. The van der Waals surface area contributed by atoms with Crippen LogP contribution in [0.15, 0.2) is 55.0 Å². The summed E-state index contributed by atoms with van der Waals surface area (Å²) in [5.74, 6) is 1.49. The fourth-order valence-corrected chi connectivity index (χ4v) is 2.80. The van der Waals surface area contributed by atoms with Crippen molar-refractivity contribution in [3.05, 3.63) is 60.7 Å². The van der Waals surface area contributed by atoms with E-state index in [1.807, 2.05) is 37.4 Å². The van der Waals surface area contributed by atoms with Gasteiger partial charge in [0, 0.05) is 31.0 Å². The van der Waals surface area contributed by atoms with Crippen LogP contribution in [-0.2, 0) is 0 Å². The van der Waals surface area contributed by atoms with Crippen LogP contribution in [0.25, 0.3) is 11.4 Å². The SMILES string of the molecule is CN(CC1CC1)C(=O)c1cc(-c2ncnc(Nc3ccccc3)n2)ccn1. The number of carbonyl (C=O) groups excluding carboxylic acids is 1. The molecule has 0 radical (unpaired) electrons. The third-order valence-electron chi connectivity index (χ3n) is 4.41. The summed E-state index contributed by atoms with van der Waals surface area (Å²) >= 11 is 0. The predicted molar refractivity (Wildman–Crippen MR) is 102 cm³/mol. The Labute approximate surface area is 157 Å². The summed E-state index contributed by atoms with van der Waals surface area (Å²) in [5.41, 5.74) is 2.02. The van der Waals surface area contributed by atoms with Gasteiger partial charge < -0.3 is 10.2 Å². The fraction of sp³-hybridized carbons (Fsp3) is 0.250. The number of anilines is 2. The molecule has 1 aliphatic carbocycles. The quantitative estimate of drug-likeness (QED) is 0.727. The minimum atomic E-state index is -0.0829. The Morgan fingerprint density at radius 1 is 1.15 bits per heavy atom. The Kier molecular flexibility index (Phi) is 4.74. The van der Waals surface area contributed by atoms with Crippen molar-refractivity contribution in [1.82, 2.24) is 24.8 Å². The second-order valence-electron chi connectivity index (χ2n) is 6.68. The maximum absolute atomic E-state index is 12.6. The number of nitrogens with zero attached hydrogens (tertiary/aromatic N) is 5. The summed E-state index contributed by atoms with van der Waals surface area (Å²) in [6.07, 6.45) is 5.47. The van der Waals surface area contributed by atoms with Gasteiger partial charge in [-0.1, -0.05) is 18.2 Å². The molecule has 2 aromatic heterocycles. The maximum Gasteiger partial charge on any atom is 0.272 e. The smallest absolute Gasteiger partial charge is 0.272 e. The van der Waals surface area contributed by atoms with Gasteiger partial charge in [-0.25, -0.2) is 9.97 Å². The lowest BCUT2D eigenvalue weighted by Crippen LogP contribution is -2.29. The molecule has 0 atom stereocenters. The van der Waals surface area contributed by atoms with Gasteiger partial charge in [0.25, 0.3) is 5.91 Å². The normalized spacial score (nSPS) is 13.2. The lowest BCUT2D eigenvalue weighted by Gasteiger charge is -2.16. The molecule has 1 amide bonds. The van der Waals surface area contributed by atoms with E-state index < -0.39 is 0 Å². The lowest BCUT2D eigenvalue weighted by molar-refractivity contribution is 0.0783. The number of rotatable bonds is 6. The molecule has 0 saturated heterocycles. The molecular formula is C20H20N6O. The van der Waals surface area contributed by atoms with Crippen LogP contribution in [0.5, 0.6) is 0 Å². The molecule has 3 aromatic rings. The predicted octanol–water partition coefficient (Wildman–Crippen LogP) is 3.16. The summed E-state index contributed by atoms with van der Waals surface area (Å²) in [5, 5.41) is 3.15. The molecule has 1 fully saturated rings. The summed E-state index contributed by atoms with van der Waals surface area (Å²) < 4.78 is 0. The van der Waals surface area contributed by atoms with Crippen molar-refractivity contribution in [2.75, 3.05) is 18.9 Å². The van der Waals surface area contributed by atoms with E-state index in [4.69, 9.17) is 0 Å². The van der Waals surface area contributed by atoms with Crippen LogP contribution in [0.3, 0.4) is 0 Å². The molecule has 0 aliphatic heterocycles. The molecular weight excluding hydrogens is 340 g/mol. The van der Waals surface area contributed by atoms with Crippen LogP contribution < -0.4 is 5.32 Å². The van der Waals surface area contributed by atoms with E-state index in [-0.39, 0.29) is 5.91 Å². The Bertz CT molecular complexity index is 942. The highest BCUT2D eigenvalue weighted by Gasteiger charge is 2.25. The van der Waals surface area contributed by atoms with Crippen LogP contribution in [0.4, 0.5) is 11.6 Å². The van der Waals surface area contributed by atoms with Gasteiger partial charge in [-0.3, -0.25) is 9.78 Å². The first-order valence-electron chi connectivity index (χ1n) is 8.92. The Hall–Kier alpha value is -3.35. The summed E-state index contributed by atoms with van der Waals surface area (Å²) in [7, 11) is 1.82. The molecule has 2 heterocycles. The Balaban J connectivity index is 1.54. The van der Waals surface area contributed by atoms with Gasteiger partial charge in [-0.2, -0.15) is 4.98 Å². The van der Waals surface area contributed by atoms with E-state index >= 15 is 0 Å². The first kappa shape index (κ1) is 17.1. The van der Waals surface area contributed by atoms with E-state index in [1.165, 1.54) is 19.2 Å². The van der Waals surface area contributed by atoms with Crippen molar-refractivity contribution in [2.45, 2.75) is 12.8 Å². The second-order valence-corrected chi connectivity index (χ2v) is 6.68. The highest BCUT2D eigenvalue weighted by Crippen LogP contribution is 2.29. The number of pyridine rings is 1. The van der Waals surface area contributed by atoms with Gasteiger partial charge in [0.2, 0.25) is 5.95 Å². The zero-order chi connectivity index (χ0) is 18.6. The fourth-order valence-electron chi connectivity index (χ4n) is 2.80. The van der Waals surface area contributed by atoms with E-state index in [9.17, 15) is 4.79 Å². The van der Waals surface area contributed by atoms with Crippen LogP contribution in [0.2, 0.25) is 0 Å². The molecule has 0 unspecified atom stereocenters. The average molecular weight is 360 g/mol. The van der Waals surface area contributed by atoms with Gasteiger partial charge in [-0.15, -0.1) is 0 Å². The molecule has 0 bridgehead atoms. The zero-order valence-electron chi connectivity index (χ0n) is 15.0. The molecule has 0 spiro atoms. The lowest BCUT2D eigenvalue weighted by atomic mass is 10.2. The van der Waals surface area contributed by atoms with Crippen molar-refractivity contribution in [3.63, 3.8) is 0 Å². The van der Waals surface area contributed by atoms with Crippen LogP contribution >= 0.6 is 0 Å². The molecule has 1 aromatic carbocycles. The Morgan fingerprint density at radius 3 is 2.74 bits per heavy atom.